The standard InChI is InChI=1S/C16H28N2O3/c1-3-8-16(15(20)21)9-5-10-17(12-16)11-14(19)18(4-2)13-6-7-13/h13H,3-12H2,1-2H3,(H,20,21). The second kappa shape index (κ2) is 6.77. The third-order valence-corrected chi connectivity index (χ3v) is 4.85. The van der Waals surface area contributed by atoms with Crippen LogP contribution >= 0.6 is 0 Å². The van der Waals surface area contributed by atoms with E-state index in [1.54, 1.807) is 0 Å². The van der Waals surface area contributed by atoms with Crippen molar-refractivity contribution in [2.24, 2.45) is 5.41 Å². The molecule has 0 aromatic rings. The fourth-order valence-corrected chi connectivity index (χ4v) is 3.63. The van der Waals surface area contributed by atoms with E-state index in [1.165, 1.54) is 0 Å². The fraction of sp³-hybridized carbons (Fsp3) is 0.875. The van der Waals surface area contributed by atoms with Crippen LogP contribution in [0.25, 0.3) is 0 Å². The molecule has 1 heterocycles. The molecule has 0 bridgehead atoms. The lowest BCUT2D eigenvalue weighted by atomic mass is 9.76. The van der Waals surface area contributed by atoms with Gasteiger partial charge < -0.3 is 10.0 Å². The highest BCUT2D eigenvalue weighted by molar-refractivity contribution is 5.79. The first-order valence-electron chi connectivity index (χ1n) is 8.27. The van der Waals surface area contributed by atoms with Crippen LogP contribution in [-0.2, 0) is 9.59 Å². The van der Waals surface area contributed by atoms with Crippen LogP contribution in [0.4, 0.5) is 0 Å². The zero-order valence-electron chi connectivity index (χ0n) is 13.3. The highest BCUT2D eigenvalue weighted by Gasteiger charge is 2.42. The zero-order valence-corrected chi connectivity index (χ0v) is 13.3. The van der Waals surface area contributed by atoms with Crippen molar-refractivity contribution in [3.05, 3.63) is 0 Å². The van der Waals surface area contributed by atoms with E-state index in [1.807, 2.05) is 18.7 Å². The number of amides is 1. The molecule has 1 unspecified atom stereocenters. The minimum Gasteiger partial charge on any atom is -0.481 e. The van der Waals surface area contributed by atoms with Crippen molar-refractivity contribution in [2.75, 3.05) is 26.2 Å². The Morgan fingerprint density at radius 3 is 2.57 bits per heavy atom. The van der Waals surface area contributed by atoms with Crippen LogP contribution in [-0.4, -0.2) is 59.0 Å². The van der Waals surface area contributed by atoms with E-state index < -0.39 is 11.4 Å². The Kier molecular flexibility index (Phi) is 5.25. The topological polar surface area (TPSA) is 60.9 Å². The molecular weight excluding hydrogens is 268 g/mol. The molecule has 2 rings (SSSR count). The van der Waals surface area contributed by atoms with Crippen molar-refractivity contribution < 1.29 is 14.7 Å². The van der Waals surface area contributed by atoms with Gasteiger partial charge in [0.1, 0.15) is 0 Å². The summed E-state index contributed by atoms with van der Waals surface area (Å²) in [6.07, 6.45) is 5.42. The van der Waals surface area contributed by atoms with Gasteiger partial charge in [-0.15, -0.1) is 0 Å². The summed E-state index contributed by atoms with van der Waals surface area (Å²) in [7, 11) is 0. The Hall–Kier alpha value is -1.10. The Morgan fingerprint density at radius 1 is 1.33 bits per heavy atom. The highest BCUT2D eigenvalue weighted by atomic mass is 16.4. The van der Waals surface area contributed by atoms with Gasteiger partial charge in [-0.1, -0.05) is 13.3 Å². The monoisotopic (exact) mass is 296 g/mol. The predicted octanol–water partition coefficient (Wildman–Crippen LogP) is 1.96. The molecule has 1 atom stereocenters. The van der Waals surface area contributed by atoms with E-state index in [9.17, 15) is 14.7 Å². The Morgan fingerprint density at radius 2 is 2.05 bits per heavy atom. The van der Waals surface area contributed by atoms with Crippen molar-refractivity contribution in [1.82, 2.24) is 9.80 Å². The van der Waals surface area contributed by atoms with Crippen LogP contribution in [0.1, 0.15) is 52.4 Å². The third kappa shape index (κ3) is 3.76. The first-order valence-corrected chi connectivity index (χ1v) is 8.27. The largest absolute Gasteiger partial charge is 0.481 e. The van der Waals surface area contributed by atoms with Crippen LogP contribution in [0.5, 0.6) is 0 Å². The quantitative estimate of drug-likeness (QED) is 0.780. The number of nitrogens with zero attached hydrogens (tertiary/aromatic N) is 2. The molecule has 1 N–H and O–H groups in total. The average Bonchev–Trinajstić information content (AvgIpc) is 3.24. The zero-order chi connectivity index (χ0) is 15.5. The average molecular weight is 296 g/mol. The predicted molar refractivity (Wildman–Crippen MR) is 81.1 cm³/mol. The first kappa shape index (κ1) is 16.3. The van der Waals surface area contributed by atoms with Gasteiger partial charge in [0.2, 0.25) is 5.91 Å². The number of rotatable bonds is 7. The van der Waals surface area contributed by atoms with Gasteiger partial charge in [-0.3, -0.25) is 14.5 Å². The maximum absolute atomic E-state index is 12.4. The lowest BCUT2D eigenvalue weighted by Gasteiger charge is -2.40. The smallest absolute Gasteiger partial charge is 0.310 e. The second-order valence-corrected chi connectivity index (χ2v) is 6.56. The molecule has 21 heavy (non-hydrogen) atoms. The van der Waals surface area contributed by atoms with Gasteiger partial charge in [-0.05, 0) is 45.6 Å². The van der Waals surface area contributed by atoms with Crippen molar-refractivity contribution in [2.45, 2.75) is 58.4 Å². The van der Waals surface area contributed by atoms with Gasteiger partial charge in [0, 0.05) is 19.1 Å². The number of carbonyl (C=O) groups excluding carboxylic acids is 1. The maximum atomic E-state index is 12.4. The summed E-state index contributed by atoms with van der Waals surface area (Å²) in [5.74, 6) is -0.534. The molecule has 2 aliphatic rings. The number of likely N-dealkylation sites (tertiary alicyclic amines) is 1. The van der Waals surface area contributed by atoms with E-state index in [2.05, 4.69) is 4.90 Å². The van der Waals surface area contributed by atoms with E-state index in [0.29, 0.717) is 25.6 Å². The van der Waals surface area contributed by atoms with Crippen LogP contribution < -0.4 is 0 Å². The van der Waals surface area contributed by atoms with E-state index in [4.69, 9.17) is 0 Å². The summed E-state index contributed by atoms with van der Waals surface area (Å²) in [5.41, 5.74) is -0.649. The van der Waals surface area contributed by atoms with Crippen molar-refractivity contribution in [3.8, 4) is 0 Å². The molecule has 0 spiro atoms. The summed E-state index contributed by atoms with van der Waals surface area (Å²) in [4.78, 5) is 28.1. The molecule has 1 aliphatic heterocycles. The van der Waals surface area contributed by atoms with Gasteiger partial charge in [0.05, 0.1) is 12.0 Å². The molecule has 0 aromatic heterocycles. The van der Waals surface area contributed by atoms with E-state index >= 15 is 0 Å². The minimum atomic E-state index is -0.698. The second-order valence-electron chi connectivity index (χ2n) is 6.56. The number of carbonyl (C=O) groups is 2. The molecule has 0 aromatic carbocycles. The summed E-state index contributed by atoms with van der Waals surface area (Å²) in [6, 6.07) is 0.437. The molecule has 2 fully saturated rings. The number of likely N-dealkylation sites (N-methyl/N-ethyl adjacent to an activating group) is 1. The van der Waals surface area contributed by atoms with Gasteiger partial charge in [0.25, 0.3) is 0 Å². The number of carboxylic acid groups (broad SMARTS) is 1. The van der Waals surface area contributed by atoms with Gasteiger partial charge in [-0.25, -0.2) is 0 Å². The number of piperidine rings is 1. The molecular formula is C16H28N2O3. The van der Waals surface area contributed by atoms with Crippen LogP contribution in [0.15, 0.2) is 0 Å². The summed E-state index contributed by atoms with van der Waals surface area (Å²) >= 11 is 0. The molecule has 5 nitrogen and oxygen atoms in total. The molecule has 0 radical (unpaired) electrons. The molecule has 1 saturated carbocycles. The third-order valence-electron chi connectivity index (χ3n) is 4.85. The summed E-state index contributed by atoms with van der Waals surface area (Å²) in [5, 5.41) is 9.60. The molecule has 1 saturated heterocycles. The number of carboxylic acids is 1. The molecule has 1 aliphatic carbocycles. The fourth-order valence-electron chi connectivity index (χ4n) is 3.63. The van der Waals surface area contributed by atoms with Crippen molar-refractivity contribution in [3.63, 3.8) is 0 Å². The van der Waals surface area contributed by atoms with Gasteiger partial charge in [-0.2, -0.15) is 0 Å². The number of hydrogen-bond donors (Lipinski definition) is 1. The normalized spacial score (nSPS) is 26.6. The van der Waals surface area contributed by atoms with Gasteiger partial charge >= 0.3 is 5.97 Å². The highest BCUT2D eigenvalue weighted by Crippen LogP contribution is 2.35. The number of aliphatic carboxylic acids is 1. The van der Waals surface area contributed by atoms with Gasteiger partial charge in [0.15, 0.2) is 0 Å². The Bertz CT molecular complexity index is 391. The van der Waals surface area contributed by atoms with Crippen molar-refractivity contribution in [1.29, 1.82) is 0 Å². The lowest BCUT2D eigenvalue weighted by molar-refractivity contribution is -0.154. The van der Waals surface area contributed by atoms with Crippen molar-refractivity contribution >= 4 is 11.9 Å². The van der Waals surface area contributed by atoms with E-state index in [0.717, 1.165) is 45.2 Å². The molecule has 1 amide bonds. The van der Waals surface area contributed by atoms with Crippen LogP contribution in [0.3, 0.4) is 0 Å². The molecule has 120 valence electrons. The minimum absolute atomic E-state index is 0.165. The Balaban J connectivity index is 1.96. The first-order chi connectivity index (χ1) is 10.0. The van der Waals surface area contributed by atoms with Crippen LogP contribution in [0.2, 0.25) is 0 Å². The maximum Gasteiger partial charge on any atom is 0.310 e. The molecule has 5 heteroatoms. The number of hydrogen-bond acceptors (Lipinski definition) is 3. The SMILES string of the molecule is CCCC1(C(=O)O)CCCN(CC(=O)N(CC)C2CC2)C1. The summed E-state index contributed by atoms with van der Waals surface area (Å²) in [6.45, 7) is 6.54. The Labute approximate surface area is 127 Å². The van der Waals surface area contributed by atoms with E-state index in [-0.39, 0.29) is 5.91 Å². The lowest BCUT2D eigenvalue weighted by Crippen LogP contribution is -2.51. The summed E-state index contributed by atoms with van der Waals surface area (Å²) < 4.78 is 0. The van der Waals surface area contributed by atoms with Crippen LogP contribution in [0, 0.1) is 5.41 Å².